The zero-order chi connectivity index (χ0) is 11.0. The molecule has 3 N–H and O–H groups in total. The van der Waals surface area contributed by atoms with Gasteiger partial charge in [0, 0.05) is 30.3 Å². The standard InChI is InChI=1S/C12H13N3O/c13-5-10-4-8-2-1-3-11(12(8)16-10)9-6-14-15-7-9/h1-3,6-7,10H,4-5,13H2,(H,14,15). The van der Waals surface area contributed by atoms with Crippen molar-refractivity contribution in [3.8, 4) is 16.9 Å². The van der Waals surface area contributed by atoms with Crippen LogP contribution in [-0.2, 0) is 6.42 Å². The van der Waals surface area contributed by atoms with Crippen LogP contribution in [0.15, 0.2) is 30.6 Å². The monoisotopic (exact) mass is 215 g/mol. The molecule has 2 aromatic rings. The van der Waals surface area contributed by atoms with E-state index >= 15 is 0 Å². The fraction of sp³-hybridized carbons (Fsp3) is 0.250. The molecule has 0 spiro atoms. The minimum Gasteiger partial charge on any atom is -0.488 e. The van der Waals surface area contributed by atoms with Crippen LogP contribution in [0.3, 0.4) is 0 Å². The Morgan fingerprint density at radius 1 is 1.50 bits per heavy atom. The summed E-state index contributed by atoms with van der Waals surface area (Å²) < 4.78 is 5.84. The molecule has 82 valence electrons. The van der Waals surface area contributed by atoms with Crippen molar-refractivity contribution in [3.05, 3.63) is 36.2 Å². The minimum absolute atomic E-state index is 0.114. The highest BCUT2D eigenvalue weighted by Gasteiger charge is 2.24. The van der Waals surface area contributed by atoms with Crippen molar-refractivity contribution < 1.29 is 4.74 Å². The number of benzene rings is 1. The lowest BCUT2D eigenvalue weighted by atomic mass is 10.0. The van der Waals surface area contributed by atoms with Crippen LogP contribution >= 0.6 is 0 Å². The van der Waals surface area contributed by atoms with E-state index in [4.69, 9.17) is 10.5 Å². The molecule has 0 aliphatic carbocycles. The van der Waals surface area contributed by atoms with Crippen molar-refractivity contribution in [2.24, 2.45) is 5.73 Å². The molecule has 1 aliphatic heterocycles. The van der Waals surface area contributed by atoms with Crippen molar-refractivity contribution in [1.82, 2.24) is 10.2 Å². The second-order valence-corrected chi connectivity index (χ2v) is 3.96. The van der Waals surface area contributed by atoms with Crippen LogP contribution in [0.1, 0.15) is 5.56 Å². The van der Waals surface area contributed by atoms with E-state index in [-0.39, 0.29) is 6.10 Å². The normalized spacial score (nSPS) is 18.2. The van der Waals surface area contributed by atoms with Crippen molar-refractivity contribution in [1.29, 1.82) is 0 Å². The maximum absolute atomic E-state index is 5.84. The smallest absolute Gasteiger partial charge is 0.131 e. The summed E-state index contributed by atoms with van der Waals surface area (Å²) in [7, 11) is 0. The highest BCUT2D eigenvalue weighted by atomic mass is 16.5. The van der Waals surface area contributed by atoms with Crippen LogP contribution in [0.2, 0.25) is 0 Å². The van der Waals surface area contributed by atoms with Gasteiger partial charge >= 0.3 is 0 Å². The Morgan fingerprint density at radius 3 is 3.19 bits per heavy atom. The summed E-state index contributed by atoms with van der Waals surface area (Å²) in [4.78, 5) is 0. The molecule has 4 nitrogen and oxygen atoms in total. The summed E-state index contributed by atoms with van der Waals surface area (Å²) in [5, 5.41) is 6.77. The Hall–Kier alpha value is -1.81. The topological polar surface area (TPSA) is 63.9 Å². The van der Waals surface area contributed by atoms with Gasteiger partial charge in [-0.2, -0.15) is 5.10 Å². The molecule has 1 aliphatic rings. The summed E-state index contributed by atoms with van der Waals surface area (Å²) in [6, 6.07) is 6.18. The van der Waals surface area contributed by atoms with E-state index in [2.05, 4.69) is 16.3 Å². The van der Waals surface area contributed by atoms with Crippen molar-refractivity contribution >= 4 is 0 Å². The van der Waals surface area contributed by atoms with Gasteiger partial charge in [0.25, 0.3) is 0 Å². The minimum atomic E-state index is 0.114. The van der Waals surface area contributed by atoms with Gasteiger partial charge in [-0.3, -0.25) is 5.10 Å². The summed E-state index contributed by atoms with van der Waals surface area (Å²) in [6.07, 6.45) is 4.68. The first kappa shape index (κ1) is 9.42. The van der Waals surface area contributed by atoms with Crippen LogP contribution in [0.4, 0.5) is 0 Å². The van der Waals surface area contributed by atoms with Gasteiger partial charge in [0.15, 0.2) is 0 Å². The Bertz CT molecular complexity index is 493. The number of nitrogens with zero attached hydrogens (tertiary/aromatic N) is 1. The molecular formula is C12H13N3O. The van der Waals surface area contributed by atoms with E-state index in [1.165, 1.54) is 5.56 Å². The highest BCUT2D eigenvalue weighted by molar-refractivity contribution is 5.71. The first-order chi connectivity index (χ1) is 7.88. The zero-order valence-electron chi connectivity index (χ0n) is 8.81. The summed E-state index contributed by atoms with van der Waals surface area (Å²) in [5.41, 5.74) is 9.00. The van der Waals surface area contributed by atoms with Gasteiger partial charge in [0.1, 0.15) is 11.9 Å². The fourth-order valence-electron chi connectivity index (χ4n) is 2.10. The number of H-pyrrole nitrogens is 1. The second-order valence-electron chi connectivity index (χ2n) is 3.96. The lowest BCUT2D eigenvalue weighted by molar-refractivity contribution is 0.242. The van der Waals surface area contributed by atoms with E-state index in [9.17, 15) is 0 Å². The van der Waals surface area contributed by atoms with Crippen LogP contribution in [-0.4, -0.2) is 22.8 Å². The van der Waals surface area contributed by atoms with Gasteiger partial charge in [-0.1, -0.05) is 18.2 Å². The Labute approximate surface area is 93.4 Å². The summed E-state index contributed by atoms with van der Waals surface area (Å²) in [5.74, 6) is 0.958. The first-order valence-corrected chi connectivity index (χ1v) is 5.36. The first-order valence-electron chi connectivity index (χ1n) is 5.36. The molecular weight excluding hydrogens is 202 g/mol. The summed E-state index contributed by atoms with van der Waals surface area (Å²) >= 11 is 0. The molecule has 1 atom stereocenters. The van der Waals surface area contributed by atoms with Gasteiger partial charge < -0.3 is 10.5 Å². The van der Waals surface area contributed by atoms with E-state index in [1.54, 1.807) is 6.20 Å². The van der Waals surface area contributed by atoms with Crippen molar-refractivity contribution in [3.63, 3.8) is 0 Å². The number of para-hydroxylation sites is 1. The lowest BCUT2D eigenvalue weighted by Crippen LogP contribution is -2.24. The number of nitrogens with two attached hydrogens (primary N) is 1. The molecule has 1 aromatic heterocycles. The number of rotatable bonds is 2. The Kier molecular flexibility index (Phi) is 2.15. The molecule has 1 unspecified atom stereocenters. The quantitative estimate of drug-likeness (QED) is 0.794. The largest absolute Gasteiger partial charge is 0.488 e. The molecule has 0 fully saturated rings. The molecule has 0 saturated heterocycles. The van der Waals surface area contributed by atoms with Crippen LogP contribution in [0.5, 0.6) is 5.75 Å². The number of aromatic amines is 1. The van der Waals surface area contributed by atoms with E-state index in [1.807, 2.05) is 18.3 Å². The Balaban J connectivity index is 2.07. The molecule has 0 amide bonds. The summed E-state index contributed by atoms with van der Waals surface area (Å²) in [6.45, 7) is 0.555. The van der Waals surface area contributed by atoms with Crippen LogP contribution in [0.25, 0.3) is 11.1 Å². The molecule has 0 saturated carbocycles. The lowest BCUT2D eigenvalue weighted by Gasteiger charge is -2.09. The number of nitrogens with one attached hydrogen (secondary N) is 1. The maximum atomic E-state index is 5.84. The van der Waals surface area contributed by atoms with Gasteiger partial charge in [0.05, 0.1) is 6.20 Å². The van der Waals surface area contributed by atoms with E-state index in [0.717, 1.165) is 23.3 Å². The predicted molar refractivity (Wildman–Crippen MR) is 61.2 cm³/mol. The maximum Gasteiger partial charge on any atom is 0.131 e. The van der Waals surface area contributed by atoms with Gasteiger partial charge in [0.2, 0.25) is 0 Å². The third-order valence-electron chi connectivity index (χ3n) is 2.90. The van der Waals surface area contributed by atoms with Gasteiger partial charge in [-0.25, -0.2) is 0 Å². The second kappa shape index (κ2) is 3.64. The van der Waals surface area contributed by atoms with E-state index in [0.29, 0.717) is 6.54 Å². The number of hydrogen-bond acceptors (Lipinski definition) is 3. The highest BCUT2D eigenvalue weighted by Crippen LogP contribution is 2.38. The van der Waals surface area contributed by atoms with E-state index < -0.39 is 0 Å². The molecule has 1 aromatic carbocycles. The van der Waals surface area contributed by atoms with Crippen molar-refractivity contribution in [2.45, 2.75) is 12.5 Å². The molecule has 0 bridgehead atoms. The fourth-order valence-corrected chi connectivity index (χ4v) is 2.10. The van der Waals surface area contributed by atoms with Crippen LogP contribution in [0, 0.1) is 0 Å². The number of fused-ring (bicyclic) bond motifs is 1. The van der Waals surface area contributed by atoms with Crippen LogP contribution < -0.4 is 10.5 Å². The molecule has 0 radical (unpaired) electrons. The molecule has 16 heavy (non-hydrogen) atoms. The zero-order valence-corrected chi connectivity index (χ0v) is 8.81. The molecule has 4 heteroatoms. The van der Waals surface area contributed by atoms with Gasteiger partial charge in [-0.15, -0.1) is 0 Å². The van der Waals surface area contributed by atoms with Gasteiger partial charge in [-0.05, 0) is 5.56 Å². The molecule has 3 rings (SSSR count). The predicted octanol–water partition coefficient (Wildman–Crippen LogP) is 1.34. The average molecular weight is 215 g/mol. The Morgan fingerprint density at radius 2 is 2.44 bits per heavy atom. The number of aromatic nitrogens is 2. The SMILES string of the molecule is NCC1Cc2cccc(-c3cn[nH]c3)c2O1. The van der Waals surface area contributed by atoms with Crippen molar-refractivity contribution in [2.75, 3.05) is 6.54 Å². The third kappa shape index (κ3) is 1.39. The average Bonchev–Trinajstić information content (AvgIpc) is 2.97. The third-order valence-corrected chi connectivity index (χ3v) is 2.90. The molecule has 2 heterocycles. The number of hydrogen-bond donors (Lipinski definition) is 2. The number of ether oxygens (including phenoxy) is 1.